The van der Waals surface area contributed by atoms with Gasteiger partial charge in [-0.15, -0.1) is 0 Å². The van der Waals surface area contributed by atoms with E-state index in [-0.39, 0.29) is 0 Å². The summed E-state index contributed by atoms with van der Waals surface area (Å²) in [6.07, 6.45) is 1.56. The Balaban J connectivity index is 2.18. The Morgan fingerprint density at radius 3 is 3.07 bits per heavy atom. The molecule has 0 bridgehead atoms. The highest BCUT2D eigenvalue weighted by atomic mass is 16.5. The third kappa shape index (κ3) is 4.37. The number of nitrogens with one attached hydrogen (secondary N) is 1. The molecule has 0 radical (unpaired) electrons. The number of rotatable bonds is 7. The van der Waals surface area contributed by atoms with Crippen LogP contribution in [0.1, 0.15) is 5.82 Å². The first-order valence-corrected chi connectivity index (χ1v) is 4.94. The minimum atomic E-state index is -0.440. The van der Waals surface area contributed by atoms with E-state index in [1.165, 1.54) is 6.33 Å². The average molecular weight is 214 g/mol. The first-order valence-electron chi connectivity index (χ1n) is 4.94. The van der Waals surface area contributed by atoms with E-state index in [4.69, 9.17) is 4.74 Å². The van der Waals surface area contributed by atoms with Crippen molar-refractivity contribution in [3.63, 3.8) is 0 Å². The zero-order chi connectivity index (χ0) is 11.1. The Bertz CT molecular complexity index is 277. The third-order valence-electron chi connectivity index (χ3n) is 2.09. The summed E-state index contributed by atoms with van der Waals surface area (Å²) in [4.78, 5) is 4.04. The maximum atomic E-state index is 9.66. The summed E-state index contributed by atoms with van der Waals surface area (Å²) in [7, 11) is 3.46. The average Bonchev–Trinajstić information content (AvgIpc) is 2.59. The maximum Gasteiger partial charge on any atom is 0.138 e. The van der Waals surface area contributed by atoms with Gasteiger partial charge in [0.2, 0.25) is 0 Å². The zero-order valence-electron chi connectivity index (χ0n) is 9.18. The first-order chi connectivity index (χ1) is 7.24. The fourth-order valence-corrected chi connectivity index (χ4v) is 1.23. The molecule has 0 fully saturated rings. The monoisotopic (exact) mass is 214 g/mol. The Morgan fingerprint density at radius 1 is 1.67 bits per heavy atom. The van der Waals surface area contributed by atoms with Gasteiger partial charge in [-0.05, 0) is 0 Å². The predicted molar refractivity (Wildman–Crippen MR) is 55.5 cm³/mol. The summed E-state index contributed by atoms with van der Waals surface area (Å²) in [5, 5.41) is 16.7. The number of aliphatic hydroxyl groups excluding tert-OH is 1. The molecule has 0 saturated carbocycles. The molecule has 15 heavy (non-hydrogen) atoms. The van der Waals surface area contributed by atoms with E-state index in [1.54, 1.807) is 11.8 Å². The molecule has 0 aliphatic rings. The van der Waals surface area contributed by atoms with Crippen molar-refractivity contribution in [3.05, 3.63) is 12.2 Å². The molecule has 0 aliphatic carbocycles. The van der Waals surface area contributed by atoms with E-state index in [0.717, 1.165) is 12.4 Å². The fourth-order valence-electron chi connectivity index (χ4n) is 1.23. The number of aryl methyl sites for hydroxylation is 1. The SMILES string of the molecule is COCCNCC(O)Cc1ncnn1C. The highest BCUT2D eigenvalue weighted by Crippen LogP contribution is 1.96. The van der Waals surface area contributed by atoms with Crippen molar-refractivity contribution in [1.82, 2.24) is 20.1 Å². The van der Waals surface area contributed by atoms with Gasteiger partial charge >= 0.3 is 0 Å². The molecule has 2 N–H and O–H groups in total. The molecule has 1 atom stereocenters. The van der Waals surface area contributed by atoms with Crippen LogP contribution in [0.2, 0.25) is 0 Å². The Hall–Kier alpha value is -0.980. The van der Waals surface area contributed by atoms with Crippen LogP contribution in [0.15, 0.2) is 6.33 Å². The van der Waals surface area contributed by atoms with E-state index in [0.29, 0.717) is 19.6 Å². The molecule has 0 spiro atoms. The lowest BCUT2D eigenvalue weighted by Gasteiger charge is -2.10. The first kappa shape index (κ1) is 12.1. The lowest BCUT2D eigenvalue weighted by molar-refractivity contribution is 0.157. The van der Waals surface area contributed by atoms with Crippen molar-refractivity contribution in [3.8, 4) is 0 Å². The van der Waals surface area contributed by atoms with Crippen molar-refractivity contribution in [2.75, 3.05) is 26.8 Å². The standard InChI is InChI=1S/C9H18N4O2/c1-13-9(11-7-12-13)5-8(14)6-10-3-4-15-2/h7-8,10,14H,3-6H2,1-2H3. The minimum Gasteiger partial charge on any atom is -0.391 e. The number of aromatic nitrogens is 3. The van der Waals surface area contributed by atoms with Crippen molar-refractivity contribution in [1.29, 1.82) is 0 Å². The molecule has 1 aromatic heterocycles. The Kier molecular flexibility index (Phi) is 5.23. The van der Waals surface area contributed by atoms with Crippen LogP contribution < -0.4 is 5.32 Å². The van der Waals surface area contributed by atoms with E-state index in [9.17, 15) is 5.11 Å². The molecule has 1 rings (SSSR count). The normalized spacial score (nSPS) is 13.0. The van der Waals surface area contributed by atoms with Crippen LogP contribution in [0, 0.1) is 0 Å². The van der Waals surface area contributed by atoms with E-state index in [2.05, 4.69) is 15.4 Å². The second-order valence-electron chi connectivity index (χ2n) is 3.35. The molecule has 1 heterocycles. The van der Waals surface area contributed by atoms with Crippen LogP contribution in [-0.2, 0) is 18.2 Å². The van der Waals surface area contributed by atoms with Crippen molar-refractivity contribution < 1.29 is 9.84 Å². The zero-order valence-corrected chi connectivity index (χ0v) is 9.18. The summed E-state index contributed by atoms with van der Waals surface area (Å²) in [6.45, 7) is 1.93. The highest BCUT2D eigenvalue weighted by Gasteiger charge is 2.08. The van der Waals surface area contributed by atoms with Crippen LogP contribution in [-0.4, -0.2) is 52.8 Å². The molecule has 6 nitrogen and oxygen atoms in total. The van der Waals surface area contributed by atoms with Crippen LogP contribution in [0.4, 0.5) is 0 Å². The second kappa shape index (κ2) is 6.49. The summed E-state index contributed by atoms with van der Waals surface area (Å²) in [5.41, 5.74) is 0. The predicted octanol–water partition coefficient (Wildman–Crippen LogP) is -1.05. The highest BCUT2D eigenvalue weighted by molar-refractivity contribution is 4.86. The van der Waals surface area contributed by atoms with Gasteiger partial charge in [0.05, 0.1) is 12.7 Å². The minimum absolute atomic E-state index is 0.440. The Labute approximate surface area is 89.3 Å². The van der Waals surface area contributed by atoms with Gasteiger partial charge in [-0.3, -0.25) is 4.68 Å². The number of methoxy groups -OCH3 is 1. The molecule has 1 aromatic rings. The van der Waals surface area contributed by atoms with E-state index >= 15 is 0 Å². The van der Waals surface area contributed by atoms with Crippen LogP contribution in [0.3, 0.4) is 0 Å². The smallest absolute Gasteiger partial charge is 0.138 e. The molecule has 0 saturated heterocycles. The van der Waals surface area contributed by atoms with E-state index in [1.807, 2.05) is 7.05 Å². The van der Waals surface area contributed by atoms with Crippen LogP contribution in [0.25, 0.3) is 0 Å². The largest absolute Gasteiger partial charge is 0.391 e. The van der Waals surface area contributed by atoms with Crippen molar-refractivity contribution in [2.24, 2.45) is 7.05 Å². The lowest BCUT2D eigenvalue weighted by Crippen LogP contribution is -2.31. The summed E-state index contributed by atoms with van der Waals surface area (Å²) < 4.78 is 6.54. The lowest BCUT2D eigenvalue weighted by atomic mass is 10.2. The number of nitrogens with zero attached hydrogens (tertiary/aromatic N) is 3. The van der Waals surface area contributed by atoms with E-state index < -0.39 is 6.10 Å². The molecule has 1 unspecified atom stereocenters. The van der Waals surface area contributed by atoms with Gasteiger partial charge in [0.25, 0.3) is 0 Å². The third-order valence-corrected chi connectivity index (χ3v) is 2.09. The molecule has 0 aromatic carbocycles. The van der Waals surface area contributed by atoms with Gasteiger partial charge in [0, 0.05) is 33.7 Å². The second-order valence-corrected chi connectivity index (χ2v) is 3.35. The number of ether oxygens (including phenoxy) is 1. The number of hydrogen-bond acceptors (Lipinski definition) is 5. The van der Waals surface area contributed by atoms with Crippen molar-refractivity contribution in [2.45, 2.75) is 12.5 Å². The van der Waals surface area contributed by atoms with Crippen LogP contribution >= 0.6 is 0 Å². The Morgan fingerprint density at radius 2 is 2.47 bits per heavy atom. The van der Waals surface area contributed by atoms with Gasteiger partial charge in [-0.2, -0.15) is 5.10 Å². The van der Waals surface area contributed by atoms with Gasteiger partial charge in [-0.1, -0.05) is 0 Å². The number of hydrogen-bond donors (Lipinski definition) is 2. The molecule has 6 heteroatoms. The topological polar surface area (TPSA) is 72.2 Å². The maximum absolute atomic E-state index is 9.66. The molecule has 86 valence electrons. The van der Waals surface area contributed by atoms with Crippen molar-refractivity contribution >= 4 is 0 Å². The fraction of sp³-hybridized carbons (Fsp3) is 0.778. The summed E-state index contributed by atoms with van der Waals surface area (Å²) in [5.74, 6) is 0.788. The van der Waals surface area contributed by atoms with Gasteiger partial charge < -0.3 is 15.2 Å². The van der Waals surface area contributed by atoms with Gasteiger partial charge in [-0.25, -0.2) is 4.98 Å². The van der Waals surface area contributed by atoms with Crippen LogP contribution in [0.5, 0.6) is 0 Å². The molecular formula is C9H18N4O2. The molecular weight excluding hydrogens is 196 g/mol. The molecule has 0 amide bonds. The quantitative estimate of drug-likeness (QED) is 0.567. The van der Waals surface area contributed by atoms with Gasteiger partial charge in [0.1, 0.15) is 12.2 Å². The number of aliphatic hydroxyl groups is 1. The summed E-state index contributed by atoms with van der Waals surface area (Å²) >= 11 is 0. The van der Waals surface area contributed by atoms with Gasteiger partial charge in [0.15, 0.2) is 0 Å². The molecule has 0 aliphatic heterocycles. The summed E-state index contributed by atoms with van der Waals surface area (Å²) in [6, 6.07) is 0.